The lowest BCUT2D eigenvalue weighted by Crippen LogP contribution is -2.30. The summed E-state index contributed by atoms with van der Waals surface area (Å²) in [5.74, 6) is -1.20. The fraction of sp³-hybridized carbons (Fsp3) is 0.453. The first-order chi connectivity index (χ1) is 40.0. The van der Waals surface area contributed by atoms with Crippen LogP contribution in [0.3, 0.4) is 0 Å². The number of ether oxygens (including phenoxy) is 3. The smallest absolute Gasteiger partial charge is 0.309 e. The highest BCUT2D eigenvalue weighted by Gasteiger charge is 2.19. The molecule has 0 amide bonds. The summed E-state index contributed by atoms with van der Waals surface area (Å²) in [6.45, 7) is 6.10. The molecule has 0 saturated carbocycles. The maximum atomic E-state index is 12.9. The van der Waals surface area contributed by atoms with Gasteiger partial charge < -0.3 is 14.2 Å². The molecule has 81 heavy (non-hydrogen) atoms. The van der Waals surface area contributed by atoms with Crippen LogP contribution in [0.1, 0.15) is 201 Å². The monoisotopic (exact) mass is 1100 g/mol. The van der Waals surface area contributed by atoms with Crippen molar-refractivity contribution in [2.45, 2.75) is 207 Å². The van der Waals surface area contributed by atoms with Gasteiger partial charge in [0, 0.05) is 12.8 Å². The summed E-state index contributed by atoms with van der Waals surface area (Å²) >= 11 is 0. The molecule has 0 rings (SSSR count). The molecule has 0 aromatic carbocycles. The van der Waals surface area contributed by atoms with Crippen molar-refractivity contribution in [2.75, 3.05) is 13.2 Å². The van der Waals surface area contributed by atoms with Gasteiger partial charge in [-0.2, -0.15) is 0 Å². The van der Waals surface area contributed by atoms with Crippen LogP contribution in [0.15, 0.2) is 231 Å². The van der Waals surface area contributed by atoms with Crippen LogP contribution >= 0.6 is 0 Å². The molecule has 0 aromatic heterocycles. The second kappa shape index (κ2) is 66.0. The molecule has 0 bridgehead atoms. The molecule has 0 spiro atoms. The number of unbranched alkanes of at least 4 members (excludes halogenated alkanes) is 4. The number of esters is 3. The average Bonchev–Trinajstić information content (AvgIpc) is 3.47. The van der Waals surface area contributed by atoms with Gasteiger partial charge in [0.2, 0.25) is 0 Å². The van der Waals surface area contributed by atoms with E-state index in [9.17, 15) is 14.4 Å². The van der Waals surface area contributed by atoms with Gasteiger partial charge in [-0.3, -0.25) is 14.4 Å². The number of hydrogen-bond acceptors (Lipinski definition) is 6. The Morgan fingerprint density at radius 2 is 0.481 bits per heavy atom. The second-order valence-corrected chi connectivity index (χ2v) is 19.1. The topological polar surface area (TPSA) is 78.9 Å². The van der Waals surface area contributed by atoms with E-state index in [1.54, 1.807) is 6.08 Å². The summed E-state index contributed by atoms with van der Waals surface area (Å²) in [6, 6.07) is 0. The van der Waals surface area contributed by atoms with Crippen molar-refractivity contribution in [3.05, 3.63) is 231 Å². The molecule has 444 valence electrons. The van der Waals surface area contributed by atoms with Gasteiger partial charge in [0.25, 0.3) is 0 Å². The van der Waals surface area contributed by atoms with E-state index in [0.29, 0.717) is 19.3 Å². The van der Waals surface area contributed by atoms with Crippen molar-refractivity contribution in [2.24, 2.45) is 0 Å². The molecule has 0 saturated heterocycles. The summed E-state index contributed by atoms with van der Waals surface area (Å²) in [7, 11) is 0. The molecule has 0 aromatic rings. The van der Waals surface area contributed by atoms with Crippen molar-refractivity contribution in [3.63, 3.8) is 0 Å². The standard InChI is InChI=1S/C75H108O6/c1-4-7-10-13-16-19-22-25-28-30-32-34-35-36-37-38-39-41-42-44-47-50-53-56-59-62-65-68-74(77)80-71-72(70-79-73(76)67-64-61-58-55-52-49-46-27-24-21-18-15-12-9-6-3)81-75(78)69-66-63-60-57-54-51-48-45-43-40-33-31-29-26-23-20-17-14-11-8-5-2/h7-12,16-21,25-29,32-34,36-37,39-41,44-48,52-57,61,64,72H,4-6,13-15,22-24,30-31,35,38,42-43,49-51,58-60,62-63,65-71H2,1-3H3/b10-7-,11-8-,12-9-,19-16-,20-17-,21-18-,28-25-,29-26-,34-32-,37-36-,40-33-,41-39-,46-27-,47-44-,48-45-,55-52-,56-53-,57-54-,64-61-. The van der Waals surface area contributed by atoms with E-state index in [-0.39, 0.29) is 38.4 Å². The highest BCUT2D eigenvalue weighted by atomic mass is 16.6. The van der Waals surface area contributed by atoms with Crippen LogP contribution in [-0.4, -0.2) is 37.2 Å². The third-order valence-electron chi connectivity index (χ3n) is 11.7. The first kappa shape index (κ1) is 74.5. The molecule has 0 aliphatic heterocycles. The third kappa shape index (κ3) is 64.2. The summed E-state index contributed by atoms with van der Waals surface area (Å²) in [4.78, 5) is 38.2. The fourth-order valence-electron chi connectivity index (χ4n) is 7.18. The zero-order valence-corrected chi connectivity index (χ0v) is 50.7. The maximum absolute atomic E-state index is 12.9. The summed E-state index contributed by atoms with van der Waals surface area (Å²) in [5, 5.41) is 0. The van der Waals surface area contributed by atoms with Crippen LogP contribution < -0.4 is 0 Å². The molecule has 1 unspecified atom stereocenters. The summed E-state index contributed by atoms with van der Waals surface area (Å²) in [6.07, 6.45) is 105. The zero-order valence-electron chi connectivity index (χ0n) is 50.7. The van der Waals surface area contributed by atoms with Crippen LogP contribution in [0, 0.1) is 0 Å². The Balaban J connectivity index is 4.66. The van der Waals surface area contributed by atoms with Crippen molar-refractivity contribution >= 4 is 17.9 Å². The minimum atomic E-state index is -0.877. The van der Waals surface area contributed by atoms with Gasteiger partial charge in [0.1, 0.15) is 13.2 Å². The molecule has 0 aliphatic carbocycles. The molecule has 6 nitrogen and oxygen atoms in total. The van der Waals surface area contributed by atoms with Gasteiger partial charge in [-0.15, -0.1) is 0 Å². The average molecular weight is 1110 g/mol. The Morgan fingerprint density at radius 1 is 0.259 bits per heavy atom. The number of hydrogen-bond donors (Lipinski definition) is 0. The van der Waals surface area contributed by atoms with Crippen molar-refractivity contribution in [1.82, 2.24) is 0 Å². The third-order valence-corrected chi connectivity index (χ3v) is 11.7. The van der Waals surface area contributed by atoms with Crippen LogP contribution in [0.25, 0.3) is 0 Å². The van der Waals surface area contributed by atoms with E-state index in [0.717, 1.165) is 141 Å². The Morgan fingerprint density at radius 3 is 0.753 bits per heavy atom. The molecule has 0 radical (unpaired) electrons. The van der Waals surface area contributed by atoms with Gasteiger partial charge in [-0.25, -0.2) is 0 Å². The second-order valence-electron chi connectivity index (χ2n) is 19.1. The molecule has 1 atom stereocenters. The van der Waals surface area contributed by atoms with Gasteiger partial charge in [-0.1, -0.05) is 252 Å². The maximum Gasteiger partial charge on any atom is 0.309 e. The van der Waals surface area contributed by atoms with Gasteiger partial charge >= 0.3 is 17.9 Å². The predicted octanol–water partition coefficient (Wildman–Crippen LogP) is 21.5. The number of rotatable bonds is 52. The quantitative estimate of drug-likeness (QED) is 0.0261. The number of carbonyl (C=O) groups is 3. The Hall–Kier alpha value is -6.53. The molecule has 0 heterocycles. The molecule has 6 heteroatoms. The molecule has 0 N–H and O–H groups in total. The van der Waals surface area contributed by atoms with Crippen LogP contribution in [-0.2, 0) is 28.6 Å². The van der Waals surface area contributed by atoms with E-state index in [2.05, 4.69) is 240 Å². The van der Waals surface area contributed by atoms with E-state index in [1.165, 1.54) is 0 Å². The normalized spacial score (nSPS) is 13.8. The van der Waals surface area contributed by atoms with Gasteiger partial charge in [-0.05, 0) is 161 Å². The lowest BCUT2D eigenvalue weighted by Gasteiger charge is -2.18. The van der Waals surface area contributed by atoms with Gasteiger partial charge in [0.15, 0.2) is 6.10 Å². The molecule has 0 aliphatic rings. The van der Waals surface area contributed by atoms with Crippen LogP contribution in [0.4, 0.5) is 0 Å². The van der Waals surface area contributed by atoms with Crippen molar-refractivity contribution in [1.29, 1.82) is 0 Å². The van der Waals surface area contributed by atoms with Crippen LogP contribution in [0.2, 0.25) is 0 Å². The largest absolute Gasteiger partial charge is 0.462 e. The Kier molecular flexibility index (Phi) is 60.7. The van der Waals surface area contributed by atoms with Crippen LogP contribution in [0.5, 0.6) is 0 Å². The summed E-state index contributed by atoms with van der Waals surface area (Å²) < 4.78 is 16.7. The van der Waals surface area contributed by atoms with E-state index in [4.69, 9.17) is 14.2 Å². The minimum Gasteiger partial charge on any atom is -0.462 e. The lowest BCUT2D eigenvalue weighted by atomic mass is 10.1. The highest BCUT2D eigenvalue weighted by Crippen LogP contribution is 2.09. The molecular weight excluding hydrogens is 997 g/mol. The van der Waals surface area contributed by atoms with E-state index in [1.807, 2.05) is 6.08 Å². The fourth-order valence-corrected chi connectivity index (χ4v) is 7.18. The van der Waals surface area contributed by atoms with E-state index < -0.39 is 18.0 Å². The minimum absolute atomic E-state index is 0.0949. The molecular formula is C75H108O6. The number of allylic oxidation sites excluding steroid dienone is 37. The molecule has 0 fully saturated rings. The highest BCUT2D eigenvalue weighted by molar-refractivity contribution is 5.72. The summed E-state index contributed by atoms with van der Waals surface area (Å²) in [5.41, 5.74) is 0. The van der Waals surface area contributed by atoms with Crippen molar-refractivity contribution < 1.29 is 28.6 Å². The predicted molar refractivity (Wildman–Crippen MR) is 352 cm³/mol. The Labute approximate surface area is 494 Å². The van der Waals surface area contributed by atoms with Crippen molar-refractivity contribution in [3.8, 4) is 0 Å². The SMILES string of the molecule is CC/C=C\C/C=C\C/C=C\C/C=C\C/C=C\C/C=C\C/C=C\C/C=C\CCCCC(=O)OCC(COC(=O)C/C=C\C/C=C\C/C=C\C/C=C\C/C=C\CC)OC(=O)CCCC/C=C\C/C=C\C/C=C\C/C=C\C/C=C\C/C=C\CC. The van der Waals surface area contributed by atoms with E-state index >= 15 is 0 Å². The first-order valence-corrected chi connectivity index (χ1v) is 30.9. The zero-order chi connectivity index (χ0) is 58.5. The first-order valence-electron chi connectivity index (χ1n) is 30.9. The van der Waals surface area contributed by atoms with Gasteiger partial charge in [0.05, 0.1) is 6.42 Å². The number of carbonyl (C=O) groups excluding carboxylic acids is 3. The Bertz CT molecular complexity index is 2090. The lowest BCUT2D eigenvalue weighted by molar-refractivity contribution is -0.166.